The molecule has 1 fully saturated rings. The Bertz CT molecular complexity index is 1030. The zero-order valence-corrected chi connectivity index (χ0v) is 16.3. The molecule has 0 amide bonds. The van der Waals surface area contributed by atoms with Crippen LogP contribution in [0.4, 0.5) is 26.3 Å². The Morgan fingerprint density at radius 2 is 1.58 bits per heavy atom. The lowest BCUT2D eigenvalue weighted by Gasteiger charge is -2.38. The summed E-state index contributed by atoms with van der Waals surface area (Å²) < 4.78 is 81.5. The molecule has 3 N–H and O–H groups in total. The van der Waals surface area contributed by atoms with Crippen molar-refractivity contribution in [2.45, 2.75) is 23.6 Å². The molecular weight excluding hydrogens is 450 g/mol. The molecule has 2 heterocycles. The van der Waals surface area contributed by atoms with Gasteiger partial charge in [-0.3, -0.25) is 10.3 Å². The summed E-state index contributed by atoms with van der Waals surface area (Å²) in [5, 5.41) is 12.7. The molecule has 0 saturated carbocycles. The van der Waals surface area contributed by atoms with E-state index in [1.807, 2.05) is 0 Å². The van der Waals surface area contributed by atoms with Gasteiger partial charge in [-0.1, -0.05) is 35.9 Å². The minimum atomic E-state index is -5.10. The second-order valence-corrected chi connectivity index (χ2v) is 7.87. The van der Waals surface area contributed by atoms with E-state index >= 15 is 0 Å². The first-order chi connectivity index (χ1) is 14.3. The Balaban J connectivity index is 1.76. The number of nitrogens with one attached hydrogen (secondary N) is 2. The molecule has 1 saturated heterocycles. The molecule has 2 aliphatic rings. The lowest BCUT2D eigenvalue weighted by Crippen LogP contribution is -2.56. The molecule has 2 aliphatic heterocycles. The monoisotopic (exact) mass is 464 g/mol. The third-order valence-electron chi connectivity index (χ3n) is 5.31. The van der Waals surface area contributed by atoms with Crippen molar-refractivity contribution in [1.82, 2.24) is 10.8 Å². The van der Waals surface area contributed by atoms with E-state index in [2.05, 4.69) is 10.8 Å². The fraction of sp³-hybridized carbons (Fsp3) is 0.300. The number of halogens is 7. The second-order valence-electron chi connectivity index (χ2n) is 7.43. The summed E-state index contributed by atoms with van der Waals surface area (Å²) in [5.74, 6) is 0. The molecule has 0 spiro atoms. The van der Waals surface area contributed by atoms with E-state index < -0.39 is 39.7 Å². The lowest BCUT2D eigenvalue weighted by atomic mass is 9.87. The summed E-state index contributed by atoms with van der Waals surface area (Å²) in [6, 6.07) is 7.79. The van der Waals surface area contributed by atoms with E-state index in [1.54, 1.807) is 12.1 Å². The van der Waals surface area contributed by atoms with Crippen molar-refractivity contribution in [2.24, 2.45) is 0 Å². The number of benzene rings is 2. The van der Waals surface area contributed by atoms with Crippen molar-refractivity contribution in [3.8, 4) is 0 Å². The van der Waals surface area contributed by atoms with Crippen molar-refractivity contribution in [1.29, 1.82) is 0 Å². The molecule has 1 unspecified atom stereocenters. The van der Waals surface area contributed by atoms with Gasteiger partial charge in [0.05, 0.1) is 11.3 Å². The number of aliphatic hydroxyl groups is 1. The van der Waals surface area contributed by atoms with Crippen molar-refractivity contribution in [2.75, 3.05) is 13.1 Å². The quantitative estimate of drug-likeness (QED) is 0.586. The van der Waals surface area contributed by atoms with Gasteiger partial charge in [0.25, 0.3) is 0 Å². The average molecular weight is 465 g/mol. The first kappa shape index (κ1) is 21.9. The van der Waals surface area contributed by atoms with E-state index in [1.165, 1.54) is 12.1 Å². The number of rotatable bonds is 3. The summed E-state index contributed by atoms with van der Waals surface area (Å²) in [6.07, 6.45) is -9.31. The van der Waals surface area contributed by atoms with E-state index in [9.17, 15) is 31.4 Å². The van der Waals surface area contributed by atoms with Gasteiger partial charge < -0.3 is 10.4 Å². The highest BCUT2D eigenvalue weighted by atomic mass is 35.5. The summed E-state index contributed by atoms with van der Waals surface area (Å²) in [5.41, 5.74) is -3.39. The largest absolute Gasteiger partial charge is 0.428 e. The number of hydrogen-bond acceptors (Lipinski definition) is 4. The van der Waals surface area contributed by atoms with Crippen LogP contribution in [0.1, 0.15) is 22.3 Å². The molecule has 1 atom stereocenters. The van der Waals surface area contributed by atoms with Gasteiger partial charge >= 0.3 is 12.4 Å². The molecular formula is C20H15ClF6N2O2. The third kappa shape index (κ3) is 3.78. The fourth-order valence-electron chi connectivity index (χ4n) is 3.48. The first-order valence-electron chi connectivity index (χ1n) is 9.00. The normalized spacial score (nSPS) is 23.2. The first-order valence-corrected chi connectivity index (χ1v) is 9.38. The highest BCUT2D eigenvalue weighted by molar-refractivity contribution is 6.30. The van der Waals surface area contributed by atoms with E-state index in [0.29, 0.717) is 42.4 Å². The van der Waals surface area contributed by atoms with Gasteiger partial charge in [-0.25, -0.2) is 0 Å². The van der Waals surface area contributed by atoms with Gasteiger partial charge in [0.15, 0.2) is 0 Å². The van der Waals surface area contributed by atoms with Crippen molar-refractivity contribution >= 4 is 17.3 Å². The average Bonchev–Trinajstić information content (AvgIpc) is 3.12. The minimum Gasteiger partial charge on any atom is -0.382 e. The van der Waals surface area contributed by atoms with Gasteiger partial charge in [-0.2, -0.15) is 26.3 Å². The SMILES string of the molecule is OC1(c2ccc(C3=CC(c4cc(Cl)cc(C(F)(F)F)c4)(C(F)(F)F)ON3)cc2)CNC1. The Kier molecular flexibility index (Phi) is 5.04. The second kappa shape index (κ2) is 7.13. The van der Waals surface area contributed by atoms with Crippen LogP contribution >= 0.6 is 11.6 Å². The maximum atomic E-state index is 14.1. The molecule has 2 aromatic rings. The van der Waals surface area contributed by atoms with Crippen LogP contribution in [0.5, 0.6) is 0 Å². The maximum absolute atomic E-state index is 14.1. The molecule has 0 radical (unpaired) electrons. The van der Waals surface area contributed by atoms with E-state index in [0.717, 1.165) is 6.07 Å². The molecule has 0 aromatic heterocycles. The zero-order valence-electron chi connectivity index (χ0n) is 15.5. The molecule has 166 valence electrons. The summed E-state index contributed by atoms with van der Waals surface area (Å²) in [6.45, 7) is 0.702. The Morgan fingerprint density at radius 1 is 0.935 bits per heavy atom. The van der Waals surface area contributed by atoms with Crippen LogP contribution in [0.15, 0.2) is 48.5 Å². The van der Waals surface area contributed by atoms with Crippen LogP contribution in [-0.2, 0) is 22.2 Å². The predicted molar refractivity (Wildman–Crippen MR) is 99.6 cm³/mol. The van der Waals surface area contributed by atoms with E-state index in [4.69, 9.17) is 16.4 Å². The molecule has 0 aliphatic carbocycles. The minimum absolute atomic E-state index is 0.0869. The van der Waals surface area contributed by atoms with Crippen LogP contribution < -0.4 is 10.8 Å². The van der Waals surface area contributed by atoms with Crippen LogP contribution in [-0.4, -0.2) is 24.4 Å². The van der Waals surface area contributed by atoms with Gasteiger partial charge in [0, 0.05) is 23.7 Å². The van der Waals surface area contributed by atoms with Crippen molar-refractivity contribution in [3.63, 3.8) is 0 Å². The molecule has 4 nitrogen and oxygen atoms in total. The Labute approximate surface area is 177 Å². The van der Waals surface area contributed by atoms with Crippen LogP contribution in [0.25, 0.3) is 5.70 Å². The van der Waals surface area contributed by atoms with Gasteiger partial charge in [-0.15, -0.1) is 0 Å². The summed E-state index contributed by atoms with van der Waals surface area (Å²) in [4.78, 5) is 4.86. The maximum Gasteiger partial charge on any atom is 0.428 e. The Morgan fingerprint density at radius 3 is 2.10 bits per heavy atom. The Hall–Kier alpha value is -2.27. The zero-order chi connectivity index (χ0) is 22.7. The third-order valence-corrected chi connectivity index (χ3v) is 5.53. The van der Waals surface area contributed by atoms with Crippen molar-refractivity contribution in [3.05, 3.63) is 75.8 Å². The molecule has 11 heteroatoms. The smallest absolute Gasteiger partial charge is 0.382 e. The standard InChI is InChI=1S/C20H15ClF6N2O2/c21-15-6-13(5-14(7-15)19(22,23)24)18(20(25,26)27)8-16(29-31-18)11-1-3-12(4-2-11)17(30)9-28-10-17/h1-8,28-30H,9-10H2. The molecule has 4 rings (SSSR count). The van der Waals surface area contributed by atoms with Crippen LogP contribution in [0.2, 0.25) is 5.02 Å². The van der Waals surface area contributed by atoms with Crippen LogP contribution in [0, 0.1) is 0 Å². The summed E-state index contributed by atoms with van der Waals surface area (Å²) in [7, 11) is 0. The number of hydrogen-bond donors (Lipinski definition) is 3. The fourth-order valence-corrected chi connectivity index (χ4v) is 3.71. The van der Waals surface area contributed by atoms with Gasteiger partial charge in [0.2, 0.25) is 5.60 Å². The lowest BCUT2D eigenvalue weighted by molar-refractivity contribution is -0.269. The molecule has 0 bridgehead atoms. The summed E-state index contributed by atoms with van der Waals surface area (Å²) >= 11 is 5.69. The van der Waals surface area contributed by atoms with E-state index in [-0.39, 0.29) is 5.70 Å². The number of β-amino-alcohol motifs (C(OH)–C–C–N with tert-alkyl or cyclic N) is 1. The molecule has 2 aromatic carbocycles. The number of hydroxylamine groups is 1. The highest BCUT2D eigenvalue weighted by Crippen LogP contribution is 2.49. The predicted octanol–water partition coefficient (Wildman–Crippen LogP) is 4.48. The van der Waals surface area contributed by atoms with Gasteiger partial charge in [-0.05, 0) is 35.4 Å². The molecule has 31 heavy (non-hydrogen) atoms. The van der Waals surface area contributed by atoms with Gasteiger partial charge in [0.1, 0.15) is 5.60 Å². The van der Waals surface area contributed by atoms with Crippen LogP contribution in [0.3, 0.4) is 0 Å². The van der Waals surface area contributed by atoms with Crippen molar-refractivity contribution < 1.29 is 36.3 Å². The topological polar surface area (TPSA) is 53.5 Å². The highest BCUT2D eigenvalue weighted by Gasteiger charge is 2.60. The number of alkyl halides is 6.